The smallest absolute Gasteiger partial charge is 0.284 e. The minimum absolute atomic E-state index is 0.314. The van der Waals surface area contributed by atoms with Crippen LogP contribution in [-0.4, -0.2) is 31.4 Å². The van der Waals surface area contributed by atoms with Crippen molar-refractivity contribution in [2.75, 3.05) is 0 Å². The van der Waals surface area contributed by atoms with Crippen LogP contribution in [0.25, 0.3) is 17.0 Å². The topological polar surface area (TPSA) is 73.0 Å². The molecular formula is C25H17Cl2N5OS. The van der Waals surface area contributed by atoms with Gasteiger partial charge in [0.15, 0.2) is 11.0 Å². The fourth-order valence-electron chi connectivity index (χ4n) is 3.86. The van der Waals surface area contributed by atoms with Crippen LogP contribution in [0.15, 0.2) is 99.8 Å². The van der Waals surface area contributed by atoms with Crippen molar-refractivity contribution in [2.24, 2.45) is 10.9 Å². The summed E-state index contributed by atoms with van der Waals surface area (Å²) in [5.74, 6) is -0.0455. The molecule has 0 radical (unpaired) electrons. The number of halogens is 2. The van der Waals surface area contributed by atoms with E-state index in [4.69, 9.17) is 23.2 Å². The number of aromatic nitrogens is 4. The first-order valence-electron chi connectivity index (χ1n) is 10.4. The zero-order valence-electron chi connectivity index (χ0n) is 17.7. The Morgan fingerprint density at radius 1 is 1.12 bits per heavy atom. The van der Waals surface area contributed by atoms with E-state index in [1.807, 2.05) is 41.0 Å². The molecule has 0 bridgehead atoms. The molecule has 1 aliphatic carbocycles. The van der Waals surface area contributed by atoms with E-state index in [2.05, 4.69) is 26.8 Å². The number of hydrogen-bond donors (Lipinski definition) is 0. The number of aliphatic imine (C=N–C) groups is 1. The SMILES string of the molecule is C=CCn1c(SC2=C(c3ccccc3Cl)C3C=C(Cl)C=CC3=NC2=O)nnc1-c1cccnc1. The maximum atomic E-state index is 13.3. The zero-order chi connectivity index (χ0) is 23.7. The minimum atomic E-state index is -0.363. The number of pyridine rings is 1. The van der Waals surface area contributed by atoms with Crippen molar-refractivity contribution in [1.82, 2.24) is 19.7 Å². The second kappa shape index (κ2) is 9.54. The van der Waals surface area contributed by atoms with Gasteiger partial charge in [0.25, 0.3) is 5.91 Å². The fraction of sp³-hybridized carbons (Fsp3) is 0.0800. The molecule has 1 unspecified atom stereocenters. The molecule has 1 atom stereocenters. The molecule has 168 valence electrons. The normalized spacial score (nSPS) is 17.4. The second-order valence-corrected chi connectivity index (χ2v) is 9.30. The van der Waals surface area contributed by atoms with Crippen LogP contribution in [0.2, 0.25) is 5.02 Å². The molecule has 2 aromatic heterocycles. The van der Waals surface area contributed by atoms with Gasteiger partial charge in [-0.1, -0.05) is 53.6 Å². The first-order valence-corrected chi connectivity index (χ1v) is 11.9. The Kier molecular flexibility index (Phi) is 6.32. The van der Waals surface area contributed by atoms with Crippen LogP contribution in [-0.2, 0) is 11.3 Å². The molecule has 0 saturated heterocycles. The van der Waals surface area contributed by atoms with E-state index in [9.17, 15) is 4.79 Å². The first-order chi connectivity index (χ1) is 16.6. The Bertz CT molecular complexity index is 1420. The molecule has 34 heavy (non-hydrogen) atoms. The molecule has 3 aromatic rings. The number of thioether (sulfide) groups is 1. The average molecular weight is 506 g/mol. The van der Waals surface area contributed by atoms with E-state index in [0.717, 1.165) is 16.7 Å². The molecule has 0 fully saturated rings. The van der Waals surface area contributed by atoms with Crippen LogP contribution in [0.1, 0.15) is 5.56 Å². The van der Waals surface area contributed by atoms with Gasteiger partial charge >= 0.3 is 0 Å². The summed E-state index contributed by atoms with van der Waals surface area (Å²) >= 11 is 14.1. The largest absolute Gasteiger partial charge is 0.298 e. The zero-order valence-corrected chi connectivity index (χ0v) is 20.1. The summed E-state index contributed by atoms with van der Waals surface area (Å²) in [5.41, 5.74) is 2.92. The highest BCUT2D eigenvalue weighted by atomic mass is 35.5. The highest BCUT2D eigenvalue weighted by Gasteiger charge is 2.34. The predicted molar refractivity (Wildman–Crippen MR) is 137 cm³/mol. The van der Waals surface area contributed by atoms with Crippen molar-refractivity contribution in [3.8, 4) is 11.4 Å². The van der Waals surface area contributed by atoms with Gasteiger partial charge in [0.1, 0.15) is 0 Å². The van der Waals surface area contributed by atoms with Crippen molar-refractivity contribution < 1.29 is 4.79 Å². The molecule has 5 rings (SSSR count). The summed E-state index contributed by atoms with van der Waals surface area (Å²) in [6.07, 6.45) is 10.5. The molecule has 1 aromatic carbocycles. The third kappa shape index (κ3) is 4.18. The van der Waals surface area contributed by atoms with E-state index >= 15 is 0 Å². The Labute approximate surface area is 210 Å². The molecule has 1 amide bonds. The number of fused-ring (bicyclic) bond motifs is 1. The van der Waals surface area contributed by atoms with Gasteiger partial charge in [0.05, 0.1) is 10.6 Å². The second-order valence-electron chi connectivity index (χ2n) is 7.48. The number of nitrogens with zero attached hydrogens (tertiary/aromatic N) is 5. The summed E-state index contributed by atoms with van der Waals surface area (Å²) in [6.45, 7) is 4.31. The van der Waals surface area contributed by atoms with Crippen LogP contribution < -0.4 is 0 Å². The number of allylic oxidation sites excluding steroid dienone is 6. The number of amides is 1. The van der Waals surface area contributed by atoms with Crippen LogP contribution in [0.5, 0.6) is 0 Å². The Morgan fingerprint density at radius 3 is 2.74 bits per heavy atom. The van der Waals surface area contributed by atoms with Gasteiger partial charge in [-0.2, -0.15) is 0 Å². The van der Waals surface area contributed by atoms with Crippen molar-refractivity contribution in [1.29, 1.82) is 0 Å². The Balaban J connectivity index is 1.67. The molecule has 6 nitrogen and oxygen atoms in total. The van der Waals surface area contributed by atoms with Crippen LogP contribution in [0, 0.1) is 5.92 Å². The van der Waals surface area contributed by atoms with Gasteiger partial charge in [-0.05, 0) is 53.2 Å². The molecule has 9 heteroatoms. The number of hydrogen-bond acceptors (Lipinski definition) is 5. The molecule has 0 N–H and O–H groups in total. The number of rotatable bonds is 6. The summed E-state index contributed by atoms with van der Waals surface area (Å²) in [7, 11) is 0. The third-order valence-corrected chi connectivity index (χ3v) is 7.01. The molecular weight excluding hydrogens is 489 g/mol. The lowest BCUT2D eigenvalue weighted by atomic mass is 9.84. The maximum Gasteiger partial charge on any atom is 0.284 e. The Hall–Kier alpha value is -3.26. The van der Waals surface area contributed by atoms with Crippen LogP contribution in [0.4, 0.5) is 0 Å². The van der Waals surface area contributed by atoms with Crippen LogP contribution >= 0.6 is 35.0 Å². The van der Waals surface area contributed by atoms with E-state index in [1.165, 1.54) is 11.8 Å². The molecule has 0 saturated carbocycles. The monoisotopic (exact) mass is 505 g/mol. The minimum Gasteiger partial charge on any atom is -0.298 e. The third-order valence-electron chi connectivity index (χ3n) is 5.34. The van der Waals surface area contributed by atoms with Gasteiger partial charge in [0.2, 0.25) is 0 Å². The number of carbonyl (C=O) groups is 1. The lowest BCUT2D eigenvalue weighted by Gasteiger charge is -2.27. The van der Waals surface area contributed by atoms with Crippen LogP contribution in [0.3, 0.4) is 0 Å². The molecule has 1 aliphatic heterocycles. The molecule has 3 heterocycles. The summed E-state index contributed by atoms with van der Waals surface area (Å²) < 4.78 is 1.89. The van der Waals surface area contributed by atoms with Gasteiger partial charge < -0.3 is 0 Å². The van der Waals surface area contributed by atoms with Crippen molar-refractivity contribution >= 4 is 52.2 Å². The highest BCUT2D eigenvalue weighted by Crippen LogP contribution is 2.44. The van der Waals surface area contributed by atoms with Gasteiger partial charge in [0, 0.05) is 40.5 Å². The summed E-state index contributed by atoms with van der Waals surface area (Å²) in [6, 6.07) is 11.2. The number of dihydropyridines is 1. The lowest BCUT2D eigenvalue weighted by Crippen LogP contribution is -2.24. The first kappa shape index (κ1) is 22.5. The number of benzene rings is 1. The van der Waals surface area contributed by atoms with E-state index in [-0.39, 0.29) is 11.8 Å². The molecule has 0 spiro atoms. The lowest BCUT2D eigenvalue weighted by molar-refractivity contribution is -0.113. The quantitative estimate of drug-likeness (QED) is 0.385. The van der Waals surface area contributed by atoms with Crippen molar-refractivity contribution in [3.63, 3.8) is 0 Å². The maximum absolute atomic E-state index is 13.3. The van der Waals surface area contributed by atoms with Crippen molar-refractivity contribution in [3.05, 3.63) is 100 Å². The predicted octanol–water partition coefficient (Wildman–Crippen LogP) is 5.97. The fourth-order valence-corrected chi connectivity index (χ4v) is 5.30. The molecule has 2 aliphatic rings. The van der Waals surface area contributed by atoms with Gasteiger partial charge in [-0.25, -0.2) is 4.99 Å². The van der Waals surface area contributed by atoms with Gasteiger partial charge in [-0.15, -0.1) is 16.8 Å². The van der Waals surface area contributed by atoms with E-state index in [0.29, 0.717) is 38.2 Å². The summed E-state index contributed by atoms with van der Waals surface area (Å²) in [4.78, 5) is 22.2. The van der Waals surface area contributed by atoms with Gasteiger partial charge in [-0.3, -0.25) is 14.3 Å². The highest BCUT2D eigenvalue weighted by molar-refractivity contribution is 8.04. The van der Waals surface area contributed by atoms with E-state index < -0.39 is 0 Å². The number of carbonyl (C=O) groups excluding carboxylic acids is 1. The standard InChI is InChI=1S/C25H17Cl2N5OS/c1-2-12-32-23(15-6-5-11-28-14-15)30-31-25(32)34-22-21(17-7-3-4-8-19(17)27)18-13-16(26)9-10-20(18)29-24(22)33/h2-11,13-14,18H,1,12H2. The summed E-state index contributed by atoms with van der Waals surface area (Å²) in [5, 5.41) is 10.4. The Morgan fingerprint density at radius 2 is 1.97 bits per heavy atom. The average Bonchev–Trinajstić information content (AvgIpc) is 3.24. The van der Waals surface area contributed by atoms with Crippen molar-refractivity contribution in [2.45, 2.75) is 11.7 Å². The van der Waals surface area contributed by atoms with E-state index in [1.54, 1.807) is 36.7 Å².